The molecule has 5 N–H and O–H groups in total. The van der Waals surface area contributed by atoms with Gasteiger partial charge in [0.25, 0.3) is 11.8 Å². The molecule has 4 aromatic rings. The fourth-order valence-corrected chi connectivity index (χ4v) is 4.04. The summed E-state index contributed by atoms with van der Waals surface area (Å²) in [5.74, 6) is -3.36. The highest BCUT2D eigenvalue weighted by atomic mass is 19.4. The summed E-state index contributed by atoms with van der Waals surface area (Å²) >= 11 is 0. The van der Waals surface area contributed by atoms with Crippen molar-refractivity contribution in [2.24, 2.45) is 11.7 Å². The average Bonchev–Trinajstić information content (AvgIpc) is 3.29. The predicted molar refractivity (Wildman–Crippen MR) is 148 cm³/mol. The second-order valence-corrected chi connectivity index (χ2v) is 10.2. The van der Waals surface area contributed by atoms with E-state index in [9.17, 15) is 31.5 Å². The maximum Gasteiger partial charge on any atom is 0.405 e. The van der Waals surface area contributed by atoms with Crippen LogP contribution < -0.4 is 21.7 Å². The third-order valence-electron chi connectivity index (χ3n) is 6.80. The molecule has 42 heavy (non-hydrogen) atoms. The Hall–Kier alpha value is -4.52. The highest BCUT2D eigenvalue weighted by Crippen LogP contribution is 2.38. The van der Waals surface area contributed by atoms with E-state index >= 15 is 0 Å². The molecule has 8 nitrogen and oxygen atoms in total. The third-order valence-corrected chi connectivity index (χ3v) is 6.80. The number of hydrogen-bond donors (Lipinski definition) is 4. The number of benzene rings is 2. The van der Waals surface area contributed by atoms with E-state index < -0.39 is 47.4 Å². The van der Waals surface area contributed by atoms with Gasteiger partial charge in [-0.05, 0) is 60.9 Å². The van der Waals surface area contributed by atoms with E-state index in [2.05, 4.69) is 20.9 Å². The molecule has 2 heterocycles. The number of fused-ring (bicyclic) bond motifs is 1. The van der Waals surface area contributed by atoms with Crippen molar-refractivity contribution in [3.63, 3.8) is 0 Å². The lowest BCUT2D eigenvalue weighted by Gasteiger charge is -2.30. The van der Waals surface area contributed by atoms with Crippen LogP contribution in [0.5, 0.6) is 0 Å². The first-order valence-corrected chi connectivity index (χ1v) is 12.8. The third kappa shape index (κ3) is 6.35. The first-order valence-electron chi connectivity index (χ1n) is 12.8. The molecular weight excluding hydrogens is 561 g/mol. The Morgan fingerprint density at radius 1 is 1.00 bits per heavy atom. The van der Waals surface area contributed by atoms with Crippen molar-refractivity contribution in [3.8, 4) is 22.5 Å². The summed E-state index contributed by atoms with van der Waals surface area (Å²) in [5, 5.41) is 7.38. The zero-order valence-electron chi connectivity index (χ0n) is 23.0. The number of rotatable bonds is 8. The normalized spacial score (nSPS) is 13.2. The van der Waals surface area contributed by atoms with Crippen molar-refractivity contribution in [2.75, 3.05) is 18.9 Å². The van der Waals surface area contributed by atoms with E-state index in [4.69, 9.17) is 10.2 Å². The van der Waals surface area contributed by atoms with Gasteiger partial charge in [0, 0.05) is 18.2 Å². The van der Waals surface area contributed by atoms with Crippen LogP contribution in [0.15, 0.2) is 52.9 Å². The molecular formula is C29H28F5N5O3. The van der Waals surface area contributed by atoms with Crippen LogP contribution in [0.1, 0.15) is 41.5 Å². The molecule has 222 valence electrons. The SMILES string of the molecule is CNC(=O)c1c(-c2ccc(F)cc2)oc2nc(NCC(F)(F)F)c(-c3ccc(F)c(C(=O)NC(C)(N)C(C)C)c3)cc12. The van der Waals surface area contributed by atoms with Gasteiger partial charge in [0.05, 0.1) is 22.2 Å². The molecule has 2 aromatic heterocycles. The van der Waals surface area contributed by atoms with Gasteiger partial charge in [-0.25, -0.2) is 8.78 Å². The Balaban J connectivity index is 1.94. The number of anilines is 1. The summed E-state index contributed by atoms with van der Waals surface area (Å²) in [6.07, 6.45) is -4.63. The number of halogens is 5. The molecule has 0 fully saturated rings. The van der Waals surface area contributed by atoms with Gasteiger partial charge in [-0.3, -0.25) is 9.59 Å². The molecule has 2 aromatic carbocycles. The predicted octanol–water partition coefficient (Wildman–Crippen LogP) is 5.83. The number of carbonyl (C=O) groups excluding carboxylic acids is 2. The van der Waals surface area contributed by atoms with Crippen molar-refractivity contribution in [2.45, 2.75) is 32.6 Å². The highest BCUT2D eigenvalue weighted by Gasteiger charge is 2.30. The number of alkyl halides is 3. The molecule has 0 radical (unpaired) electrons. The molecule has 2 amide bonds. The maximum absolute atomic E-state index is 14.8. The lowest BCUT2D eigenvalue weighted by atomic mass is 9.97. The van der Waals surface area contributed by atoms with Gasteiger partial charge in [-0.15, -0.1) is 0 Å². The lowest BCUT2D eigenvalue weighted by molar-refractivity contribution is -0.115. The number of amides is 2. The number of hydrogen-bond acceptors (Lipinski definition) is 6. The van der Waals surface area contributed by atoms with Crippen LogP contribution in [0.2, 0.25) is 0 Å². The fourth-order valence-electron chi connectivity index (χ4n) is 4.04. The largest absolute Gasteiger partial charge is 0.437 e. The molecule has 13 heteroatoms. The number of furan rings is 1. The van der Waals surface area contributed by atoms with Crippen LogP contribution in [0, 0.1) is 17.6 Å². The molecule has 0 aliphatic carbocycles. The first-order chi connectivity index (χ1) is 19.6. The minimum atomic E-state index is -4.63. The van der Waals surface area contributed by atoms with E-state index in [1.165, 1.54) is 31.3 Å². The standard InChI is InChI=1S/C29H28F5N5O3/c1-14(2)28(3,35)39-25(40)19-11-16(7-10-21(19)31)18-12-20-22(26(41)36-4)23(15-5-8-17(30)9-6-15)42-27(20)38-24(18)37-13-29(32,33)34/h5-12,14H,13,35H2,1-4H3,(H,36,41)(H,37,38)(H,39,40). The summed E-state index contributed by atoms with van der Waals surface area (Å²) in [6.45, 7) is 3.62. The summed E-state index contributed by atoms with van der Waals surface area (Å²) in [5.41, 5.74) is 4.81. The van der Waals surface area contributed by atoms with E-state index in [1.54, 1.807) is 20.8 Å². The molecule has 0 saturated carbocycles. The van der Waals surface area contributed by atoms with Gasteiger partial charge in [-0.1, -0.05) is 19.9 Å². The van der Waals surface area contributed by atoms with E-state index in [-0.39, 0.29) is 45.3 Å². The summed E-state index contributed by atoms with van der Waals surface area (Å²) in [7, 11) is 1.37. The van der Waals surface area contributed by atoms with Crippen molar-refractivity contribution in [1.29, 1.82) is 0 Å². The van der Waals surface area contributed by atoms with Gasteiger partial charge in [0.2, 0.25) is 5.71 Å². The Morgan fingerprint density at radius 3 is 2.24 bits per heavy atom. The molecule has 1 atom stereocenters. The number of nitrogens with zero attached hydrogens (tertiary/aromatic N) is 1. The van der Waals surface area contributed by atoms with Crippen LogP contribution in [0.25, 0.3) is 33.6 Å². The second-order valence-electron chi connectivity index (χ2n) is 10.2. The second kappa shape index (κ2) is 11.4. The molecule has 4 rings (SSSR count). The van der Waals surface area contributed by atoms with E-state index in [1.807, 2.05) is 0 Å². The van der Waals surface area contributed by atoms with Crippen molar-refractivity contribution >= 4 is 28.7 Å². The smallest absolute Gasteiger partial charge is 0.405 e. The summed E-state index contributed by atoms with van der Waals surface area (Å²) in [4.78, 5) is 30.2. The Labute approximate surface area is 237 Å². The van der Waals surface area contributed by atoms with Crippen LogP contribution in [0.4, 0.5) is 27.8 Å². The monoisotopic (exact) mass is 589 g/mol. The Morgan fingerprint density at radius 2 is 1.64 bits per heavy atom. The fraction of sp³-hybridized carbons (Fsp3) is 0.276. The van der Waals surface area contributed by atoms with Crippen LogP contribution in [0.3, 0.4) is 0 Å². The summed E-state index contributed by atoms with van der Waals surface area (Å²) < 4.78 is 73.8. The molecule has 0 saturated heterocycles. The van der Waals surface area contributed by atoms with Gasteiger partial charge >= 0.3 is 6.18 Å². The van der Waals surface area contributed by atoms with Gasteiger partial charge in [0.1, 0.15) is 29.8 Å². The average molecular weight is 590 g/mol. The first kappa shape index (κ1) is 30.4. The molecule has 0 aliphatic heterocycles. The summed E-state index contributed by atoms with van der Waals surface area (Å²) in [6, 6.07) is 9.82. The van der Waals surface area contributed by atoms with Crippen LogP contribution >= 0.6 is 0 Å². The van der Waals surface area contributed by atoms with E-state index in [0.29, 0.717) is 5.56 Å². The Kier molecular flexibility index (Phi) is 8.26. The molecule has 1 unspecified atom stereocenters. The minimum Gasteiger partial charge on any atom is -0.437 e. The van der Waals surface area contributed by atoms with Gasteiger partial charge in [0.15, 0.2) is 0 Å². The van der Waals surface area contributed by atoms with E-state index in [0.717, 1.165) is 24.3 Å². The van der Waals surface area contributed by atoms with Gasteiger partial charge in [-0.2, -0.15) is 18.2 Å². The Bertz CT molecular complexity index is 1650. The number of carbonyl (C=O) groups is 2. The van der Waals surface area contributed by atoms with Gasteiger partial charge < -0.3 is 26.1 Å². The number of nitrogens with two attached hydrogens (primary N) is 1. The van der Waals surface area contributed by atoms with Crippen molar-refractivity contribution in [1.82, 2.24) is 15.6 Å². The van der Waals surface area contributed by atoms with Crippen LogP contribution in [-0.4, -0.2) is 42.2 Å². The minimum absolute atomic E-state index is 0.00543. The zero-order valence-corrected chi connectivity index (χ0v) is 23.0. The molecule has 0 bridgehead atoms. The maximum atomic E-state index is 14.8. The topological polar surface area (TPSA) is 122 Å². The lowest BCUT2D eigenvalue weighted by Crippen LogP contribution is -2.57. The quantitative estimate of drug-likeness (QED) is 0.152. The number of aromatic nitrogens is 1. The molecule has 0 spiro atoms. The van der Waals surface area contributed by atoms with Crippen molar-refractivity contribution in [3.05, 3.63) is 71.3 Å². The number of nitrogens with one attached hydrogen (secondary N) is 3. The highest BCUT2D eigenvalue weighted by molar-refractivity contribution is 6.11. The van der Waals surface area contributed by atoms with Crippen LogP contribution in [-0.2, 0) is 0 Å². The zero-order chi connectivity index (χ0) is 31.0. The molecule has 0 aliphatic rings. The number of pyridine rings is 1. The van der Waals surface area contributed by atoms with Crippen molar-refractivity contribution < 1.29 is 36.0 Å².